The van der Waals surface area contributed by atoms with E-state index in [4.69, 9.17) is 0 Å². The fourth-order valence-corrected chi connectivity index (χ4v) is 1.02. The van der Waals surface area contributed by atoms with Gasteiger partial charge in [0.25, 0.3) is 0 Å². The van der Waals surface area contributed by atoms with Gasteiger partial charge in [-0.2, -0.15) is 18.2 Å². The van der Waals surface area contributed by atoms with Crippen molar-refractivity contribution < 1.29 is 77.5 Å². The zero-order valence-corrected chi connectivity index (χ0v) is 33.8. The third-order valence-electron chi connectivity index (χ3n) is 1.76. The van der Waals surface area contributed by atoms with Crippen molar-refractivity contribution >= 4 is 37.2 Å². The quantitative estimate of drug-likeness (QED) is 0.168. The van der Waals surface area contributed by atoms with Crippen LogP contribution in [0.15, 0.2) is 54.7 Å². The summed E-state index contributed by atoms with van der Waals surface area (Å²) in [6, 6.07) is 0. The predicted octanol–water partition coefficient (Wildman–Crippen LogP) is 9.23. The van der Waals surface area contributed by atoms with Crippen LogP contribution < -0.4 is 0 Å². The molecule has 30 heavy (non-hydrogen) atoms. The molecule has 0 nitrogen and oxygen atoms in total. The van der Waals surface area contributed by atoms with Gasteiger partial charge in [-0.15, -0.1) is 56.5 Å². The molecule has 174 valence electrons. The third kappa shape index (κ3) is 87.4. The summed E-state index contributed by atoms with van der Waals surface area (Å²) in [6.45, 7) is 0. The smallest absolute Gasteiger partial charge is 0.358 e. The van der Waals surface area contributed by atoms with E-state index in [1.165, 1.54) is 0 Å². The van der Waals surface area contributed by atoms with Crippen LogP contribution in [0, 0.1) is 85.1 Å². The van der Waals surface area contributed by atoms with Gasteiger partial charge in [0.2, 0.25) is 0 Å². The molecular formula is C24H45Cl3Hf3. The first-order valence-corrected chi connectivity index (χ1v) is 5.15. The Labute approximate surface area is 270 Å². The maximum Gasteiger partial charge on any atom is 4.00 e. The fraction of sp³-hybridized carbons (Fsp3) is 0.125. The van der Waals surface area contributed by atoms with Gasteiger partial charge in [0.1, 0.15) is 0 Å². The van der Waals surface area contributed by atoms with Crippen molar-refractivity contribution in [2.45, 2.75) is 19.3 Å². The SMILES string of the molecule is Cl.Cl.Cl.[C-]1=CC=CC1.[C-]1=CC=CC1.[C-]1=CC=CC1.[CH3-].[CH3-].[CH3-].[CH3-].[CH3-].[CH3-].[CH3-].[CH3-].[CH3-].[Hf+4].[Hf+4].[Hf+4]. The van der Waals surface area contributed by atoms with Crippen molar-refractivity contribution in [1.29, 1.82) is 0 Å². The summed E-state index contributed by atoms with van der Waals surface area (Å²) in [4.78, 5) is 0. The van der Waals surface area contributed by atoms with E-state index in [1.807, 2.05) is 36.5 Å². The molecule has 3 aliphatic rings. The van der Waals surface area contributed by atoms with E-state index in [0.29, 0.717) is 0 Å². The van der Waals surface area contributed by atoms with Gasteiger partial charge in [0, 0.05) is 0 Å². The molecule has 0 aromatic carbocycles. The minimum atomic E-state index is 0. The van der Waals surface area contributed by atoms with Gasteiger partial charge in [0.05, 0.1) is 0 Å². The van der Waals surface area contributed by atoms with Crippen LogP contribution in [0.5, 0.6) is 0 Å². The average Bonchev–Trinajstić information content (AvgIpc) is 3.09. The van der Waals surface area contributed by atoms with Crippen LogP contribution in [0.1, 0.15) is 19.3 Å². The van der Waals surface area contributed by atoms with Crippen LogP contribution in [0.2, 0.25) is 0 Å². The molecule has 0 saturated heterocycles. The molecule has 0 N–H and O–H groups in total. The first-order chi connectivity index (χ1) is 7.50. The van der Waals surface area contributed by atoms with E-state index >= 15 is 0 Å². The maximum atomic E-state index is 2.99. The summed E-state index contributed by atoms with van der Waals surface area (Å²) >= 11 is 0. The largest absolute Gasteiger partial charge is 4.00 e. The van der Waals surface area contributed by atoms with E-state index < -0.39 is 0 Å². The number of halogens is 3. The van der Waals surface area contributed by atoms with Gasteiger partial charge in [-0.05, 0) is 0 Å². The number of allylic oxidation sites excluding steroid dienone is 12. The molecule has 0 heterocycles. The predicted molar refractivity (Wildman–Crippen MR) is 144 cm³/mol. The van der Waals surface area contributed by atoms with Crippen LogP contribution in [0.4, 0.5) is 0 Å². The molecule has 0 amide bonds. The molecule has 0 bridgehead atoms. The van der Waals surface area contributed by atoms with Crippen LogP contribution in [0.3, 0.4) is 0 Å². The Morgan fingerprint density at radius 3 is 0.567 bits per heavy atom. The summed E-state index contributed by atoms with van der Waals surface area (Å²) < 4.78 is 0. The summed E-state index contributed by atoms with van der Waals surface area (Å²) in [5.41, 5.74) is 0. The Morgan fingerprint density at radius 1 is 0.367 bits per heavy atom. The molecule has 0 spiro atoms. The Balaban J connectivity index is -0.00000000692. The van der Waals surface area contributed by atoms with Crippen LogP contribution in [-0.2, 0) is 77.5 Å². The molecule has 0 fully saturated rings. The van der Waals surface area contributed by atoms with Crippen molar-refractivity contribution in [2.24, 2.45) is 0 Å². The first-order valence-electron chi connectivity index (χ1n) is 5.15. The van der Waals surface area contributed by atoms with Crippen LogP contribution in [0.25, 0.3) is 0 Å². The van der Waals surface area contributed by atoms with Gasteiger partial charge < -0.3 is 66.8 Å². The minimum Gasteiger partial charge on any atom is -0.358 e. The van der Waals surface area contributed by atoms with Crippen LogP contribution >= 0.6 is 37.2 Å². The minimum absolute atomic E-state index is 0. The molecule has 0 aliphatic heterocycles. The molecule has 3 aliphatic carbocycles. The Bertz CT molecular complexity index is 254. The van der Waals surface area contributed by atoms with Crippen molar-refractivity contribution in [1.82, 2.24) is 0 Å². The van der Waals surface area contributed by atoms with Gasteiger partial charge >= 0.3 is 77.5 Å². The van der Waals surface area contributed by atoms with Gasteiger partial charge in [0.15, 0.2) is 0 Å². The second kappa shape index (κ2) is 96.7. The fourth-order valence-electron chi connectivity index (χ4n) is 1.02. The standard InChI is InChI=1S/3C5H5.9CH3.3ClH.3Hf/c3*1-2-4-5-3-1;;;;;;;;;;;;;;;/h3*1-3H,4H2;9*1H3;3*1H;;;/q12*-1;;;;3*+4. The zero-order chi connectivity index (χ0) is 10.6. The summed E-state index contributed by atoms with van der Waals surface area (Å²) in [6.07, 6.45) is 30.0. The Kier molecular flexibility index (Phi) is 344. The van der Waals surface area contributed by atoms with Gasteiger partial charge in [-0.1, -0.05) is 0 Å². The topological polar surface area (TPSA) is 0 Å². The van der Waals surface area contributed by atoms with E-state index in [0.717, 1.165) is 19.3 Å². The molecular weight excluding hydrogens is 930 g/mol. The van der Waals surface area contributed by atoms with E-state index in [1.54, 1.807) is 0 Å². The van der Waals surface area contributed by atoms with Crippen LogP contribution in [-0.4, -0.2) is 0 Å². The number of hydrogen-bond acceptors (Lipinski definition) is 0. The average molecular weight is 975 g/mol. The number of rotatable bonds is 0. The van der Waals surface area contributed by atoms with Gasteiger partial charge in [-0.3, -0.25) is 18.2 Å². The van der Waals surface area contributed by atoms with Crippen molar-refractivity contribution in [3.05, 3.63) is 140 Å². The van der Waals surface area contributed by atoms with Crippen molar-refractivity contribution in [2.75, 3.05) is 0 Å². The summed E-state index contributed by atoms with van der Waals surface area (Å²) in [5.74, 6) is 0. The Hall–Kier alpha value is 1.92. The first kappa shape index (κ1) is 107. The Morgan fingerprint density at radius 2 is 0.533 bits per heavy atom. The summed E-state index contributed by atoms with van der Waals surface area (Å²) in [7, 11) is 0. The monoisotopic (exact) mass is 978 g/mol. The molecule has 6 heteroatoms. The van der Waals surface area contributed by atoms with Crippen molar-refractivity contribution in [3.8, 4) is 0 Å². The van der Waals surface area contributed by atoms with Gasteiger partial charge in [-0.25, -0.2) is 36.5 Å². The molecule has 0 saturated carbocycles. The maximum absolute atomic E-state index is 2.99. The van der Waals surface area contributed by atoms with E-state index in [9.17, 15) is 0 Å². The van der Waals surface area contributed by atoms with E-state index in [-0.39, 0.29) is 182 Å². The molecule has 0 aromatic heterocycles. The second-order valence-corrected chi connectivity index (χ2v) is 3.01. The molecule has 0 radical (unpaired) electrons. The van der Waals surface area contributed by atoms with E-state index in [2.05, 4.69) is 36.5 Å². The normalized spacial score (nSPS) is 8.80. The second-order valence-electron chi connectivity index (χ2n) is 3.01. The number of hydrogen-bond donors (Lipinski definition) is 0. The molecule has 0 atom stereocenters. The summed E-state index contributed by atoms with van der Waals surface area (Å²) in [5, 5.41) is 0. The molecule has 0 aromatic rings. The molecule has 3 rings (SSSR count). The van der Waals surface area contributed by atoms with Crippen molar-refractivity contribution in [3.63, 3.8) is 0 Å². The third-order valence-corrected chi connectivity index (χ3v) is 1.76. The zero-order valence-electron chi connectivity index (χ0n) is 20.5. The molecule has 0 unspecified atom stereocenters.